The fourth-order valence-electron chi connectivity index (χ4n) is 14.7. The molecule has 0 bridgehead atoms. The second-order valence-electron chi connectivity index (χ2n) is 29.1. The maximum absolute atomic E-state index is 14.6. The van der Waals surface area contributed by atoms with Crippen LogP contribution in [0.5, 0.6) is 0 Å². The zero-order chi connectivity index (χ0) is 76.6. The summed E-state index contributed by atoms with van der Waals surface area (Å²) >= 11 is 0. The molecule has 0 aliphatic rings. The number of fused-ring (bicyclic) bond motifs is 5. The molecule has 0 aliphatic heterocycles. The van der Waals surface area contributed by atoms with Gasteiger partial charge in [-0.05, 0) is 244 Å². The van der Waals surface area contributed by atoms with Crippen LogP contribution in [0.3, 0.4) is 0 Å². The Balaban J connectivity index is 0.000000132. The van der Waals surface area contributed by atoms with Crippen LogP contribution < -0.4 is 22.8 Å². The van der Waals surface area contributed by atoms with E-state index >= 15 is 0 Å². The van der Waals surface area contributed by atoms with Crippen molar-refractivity contribution >= 4 is 54.5 Å². The van der Waals surface area contributed by atoms with Crippen molar-refractivity contribution in [2.45, 2.75) is 111 Å². The molecule has 0 saturated heterocycles. The lowest BCUT2D eigenvalue weighted by Crippen LogP contribution is -2.33. The summed E-state index contributed by atoms with van der Waals surface area (Å²) in [6.45, 7) is 32.2. The Bertz CT molecular complexity index is 5990. The molecular formula is C96H97F5N5+5. The van der Waals surface area contributed by atoms with Gasteiger partial charge in [-0.15, -0.1) is 0 Å². The fraction of sp³-hybridized carbons (Fsp3) is 0.219. The molecule has 0 amide bonds. The lowest BCUT2D eigenvalue weighted by molar-refractivity contribution is -0.633. The van der Waals surface area contributed by atoms with E-state index < -0.39 is 0 Å². The van der Waals surface area contributed by atoms with Crippen LogP contribution in [0, 0.1) is 140 Å². The second-order valence-corrected chi connectivity index (χ2v) is 29.1. The molecule has 0 fully saturated rings. The molecule has 0 atom stereocenters. The minimum Gasteiger partial charge on any atom is -0.206 e. The van der Waals surface area contributed by atoms with E-state index in [1.807, 2.05) is 199 Å². The summed E-state index contributed by atoms with van der Waals surface area (Å²) in [6.07, 6.45) is 0. The smallest absolute Gasteiger partial charge is 0.206 e. The summed E-state index contributed by atoms with van der Waals surface area (Å²) in [5.41, 5.74) is 32.6. The van der Waals surface area contributed by atoms with Crippen LogP contribution in [0.15, 0.2) is 206 Å². The van der Waals surface area contributed by atoms with Gasteiger partial charge in [0, 0.05) is 88.5 Å². The number of rotatable bonds is 5. The van der Waals surface area contributed by atoms with Crippen molar-refractivity contribution in [3.05, 3.63) is 324 Å². The first-order valence-electron chi connectivity index (χ1n) is 36.1. The highest BCUT2D eigenvalue weighted by Gasteiger charge is 2.26. The third-order valence-corrected chi connectivity index (χ3v) is 21.1. The molecule has 0 saturated carbocycles. The molecular weight excluding hydrogens is 1320 g/mol. The summed E-state index contributed by atoms with van der Waals surface area (Å²) in [5.74, 6) is -0.709. The number of aromatic nitrogens is 5. The molecule has 10 aromatic carbocycles. The Morgan fingerprint density at radius 2 is 0.519 bits per heavy atom. The number of nitrogens with zero attached hydrogens (tertiary/aromatic N) is 5. The molecule has 15 aromatic rings. The van der Waals surface area contributed by atoms with Crippen LogP contribution in [-0.4, -0.2) is 0 Å². The van der Waals surface area contributed by atoms with Crippen molar-refractivity contribution in [1.29, 1.82) is 0 Å². The first-order valence-corrected chi connectivity index (χ1v) is 36.1. The van der Waals surface area contributed by atoms with Crippen molar-refractivity contribution in [3.63, 3.8) is 0 Å². The number of hydrogen-bond donors (Lipinski definition) is 0. The van der Waals surface area contributed by atoms with Gasteiger partial charge in [-0.3, -0.25) is 0 Å². The summed E-state index contributed by atoms with van der Waals surface area (Å²) < 4.78 is 82.2. The normalized spacial score (nSPS) is 11.1. The Kier molecular flexibility index (Phi) is 22.5. The molecule has 0 spiro atoms. The highest BCUT2D eigenvalue weighted by molar-refractivity contribution is 5.85. The Labute approximate surface area is 622 Å². The van der Waals surface area contributed by atoms with Crippen LogP contribution >= 0.6 is 0 Å². The zero-order valence-electron chi connectivity index (χ0n) is 65.3. The molecule has 0 aliphatic carbocycles. The van der Waals surface area contributed by atoms with E-state index in [2.05, 4.69) is 158 Å². The average Bonchev–Trinajstić information content (AvgIpc) is 0.840. The first kappa shape index (κ1) is 76.0. The Hall–Kier alpha value is -11.1. The van der Waals surface area contributed by atoms with Gasteiger partial charge in [0.1, 0.15) is 64.3 Å². The van der Waals surface area contributed by atoms with Gasteiger partial charge in [0.2, 0.25) is 56.1 Å². The molecule has 106 heavy (non-hydrogen) atoms. The lowest BCUT2D eigenvalue weighted by atomic mass is 9.96. The highest BCUT2D eigenvalue weighted by Crippen LogP contribution is 2.33. The van der Waals surface area contributed by atoms with Crippen molar-refractivity contribution in [1.82, 2.24) is 0 Å². The monoisotopic (exact) mass is 1410 g/mol. The van der Waals surface area contributed by atoms with Crippen molar-refractivity contribution in [2.24, 2.45) is 35.2 Å². The molecule has 15 rings (SSSR count). The number of halogens is 5. The van der Waals surface area contributed by atoms with Gasteiger partial charge in [0.05, 0.1) is 26.9 Å². The topological polar surface area (TPSA) is 19.4 Å². The third-order valence-electron chi connectivity index (χ3n) is 21.1. The fourth-order valence-corrected chi connectivity index (χ4v) is 14.7. The first-order chi connectivity index (χ1) is 50.3. The van der Waals surface area contributed by atoms with E-state index in [4.69, 9.17) is 0 Å². The predicted octanol–water partition coefficient (Wildman–Crippen LogP) is 22.3. The molecule has 10 heteroatoms. The SMILES string of the molecule is Cc1cc(C)c(C)c(-c2cc(F)c3ccc(C)cc3[n+]2C)c1.Cc1ccc(C)c(-c2cc(F)c3ccc(C)cc3[n+]2C)c1.Cc1ccc(C)c(-c2ccc3c(C)c(F)c(C)cc3[n+]2C)c1.Cc1ccc2c(c1)c(F)cc(-c1ccccc1C)[n+]2C.Cc1ccccc1-c1ccc2c(C)c(F)c(C)cc2[n+]1C. The molecule has 0 unspecified atom stereocenters. The zero-order valence-corrected chi connectivity index (χ0v) is 65.3. The van der Waals surface area contributed by atoms with Gasteiger partial charge in [0.25, 0.3) is 0 Å². The number of pyridine rings is 5. The van der Waals surface area contributed by atoms with Crippen LogP contribution in [0.25, 0.3) is 111 Å². The summed E-state index contributed by atoms with van der Waals surface area (Å²) in [4.78, 5) is 0. The van der Waals surface area contributed by atoms with E-state index in [9.17, 15) is 22.0 Å². The van der Waals surface area contributed by atoms with Gasteiger partial charge in [0.15, 0.2) is 0 Å². The van der Waals surface area contributed by atoms with E-state index in [0.717, 1.165) is 122 Å². The van der Waals surface area contributed by atoms with Crippen LogP contribution in [0.1, 0.15) is 89.0 Å². The molecule has 536 valence electrons. The van der Waals surface area contributed by atoms with Gasteiger partial charge in [-0.2, -0.15) is 22.8 Å². The average molecular weight is 1420 g/mol. The van der Waals surface area contributed by atoms with Crippen molar-refractivity contribution < 1.29 is 44.8 Å². The second kappa shape index (κ2) is 31.3. The molecule has 5 heterocycles. The quantitative estimate of drug-likeness (QED) is 0.121. The van der Waals surface area contributed by atoms with E-state index in [0.29, 0.717) is 27.3 Å². The van der Waals surface area contributed by atoms with Crippen LogP contribution in [-0.2, 0) is 35.2 Å². The highest BCUT2D eigenvalue weighted by atomic mass is 19.1. The molecule has 5 nitrogen and oxygen atoms in total. The van der Waals surface area contributed by atoms with E-state index in [1.54, 1.807) is 18.2 Å². The third kappa shape index (κ3) is 15.4. The largest absolute Gasteiger partial charge is 0.216 e. The number of aryl methyl sites for hydroxylation is 20. The number of benzene rings is 10. The molecule has 5 aromatic heterocycles. The maximum Gasteiger partial charge on any atom is 0.216 e. The molecule has 0 radical (unpaired) electrons. The van der Waals surface area contributed by atoms with E-state index in [-0.39, 0.29) is 29.1 Å². The van der Waals surface area contributed by atoms with Gasteiger partial charge >= 0.3 is 0 Å². The molecule has 0 N–H and O–H groups in total. The summed E-state index contributed by atoms with van der Waals surface area (Å²) in [6, 6.07) is 68.1. The Morgan fingerprint density at radius 3 is 0.991 bits per heavy atom. The number of hydrogen-bond acceptors (Lipinski definition) is 0. The summed E-state index contributed by atoms with van der Waals surface area (Å²) in [5, 5.41) is 3.94. The van der Waals surface area contributed by atoms with Gasteiger partial charge in [-0.1, -0.05) is 102 Å². The van der Waals surface area contributed by atoms with Gasteiger partial charge in [-0.25, -0.2) is 22.0 Å². The predicted molar refractivity (Wildman–Crippen MR) is 428 cm³/mol. The van der Waals surface area contributed by atoms with E-state index in [1.165, 1.54) is 50.1 Å². The summed E-state index contributed by atoms with van der Waals surface area (Å²) in [7, 11) is 10.1. The van der Waals surface area contributed by atoms with Crippen LogP contribution in [0.2, 0.25) is 0 Å². The Morgan fingerprint density at radius 1 is 0.198 bits per heavy atom. The maximum atomic E-state index is 14.6. The minimum absolute atomic E-state index is 0.105. The van der Waals surface area contributed by atoms with Crippen LogP contribution in [0.4, 0.5) is 22.0 Å². The van der Waals surface area contributed by atoms with Crippen molar-refractivity contribution in [3.8, 4) is 56.3 Å². The lowest BCUT2D eigenvalue weighted by Gasteiger charge is -2.11. The minimum atomic E-state index is -0.168. The standard InChI is InChI=1S/2C20H21FN.2C19H19FN.C18H17FN/c1-12-6-7-16-18(21)11-20(22(5)19(16)10-12)17-9-13(2)8-14(3)15(17)4;1-12-6-7-13(2)17(10-12)18-9-8-16-15(4)20(21)14(3)11-19(16)22(18)5;1-12-5-7-14(3)16(9-12)19-11-17(20)15-8-6-13(2)10-18(15)21(19)4;1-12-7-5-6-8-15(12)17-10-9-16-14(3)19(20)13(2)11-18(16)21(17)4;1-12-8-9-17-15(10-12)16(19)11-18(20(17)3)14-7-5-4-6-13(14)2/h2*6-11H,1-5H3;2*5-11H,1-4H3;4-11H,1-3H3/q5*+1. The van der Waals surface area contributed by atoms with Crippen molar-refractivity contribution in [2.75, 3.05) is 0 Å². The van der Waals surface area contributed by atoms with Gasteiger partial charge < -0.3 is 0 Å².